The molecule has 3 N–H and O–H groups in total. The molecule has 0 fully saturated rings. The predicted octanol–water partition coefficient (Wildman–Crippen LogP) is 1.04. The van der Waals surface area contributed by atoms with Crippen LogP contribution in [0.3, 0.4) is 0 Å². The van der Waals surface area contributed by atoms with Crippen LogP contribution < -0.4 is 15.2 Å². The van der Waals surface area contributed by atoms with Crippen molar-refractivity contribution in [3.05, 3.63) is 22.2 Å². The Kier molecular flexibility index (Phi) is 3.14. The summed E-state index contributed by atoms with van der Waals surface area (Å²) in [5.74, 6) is 1.46. The van der Waals surface area contributed by atoms with Gasteiger partial charge in [0.25, 0.3) is 0 Å². The zero-order chi connectivity index (χ0) is 10.8. The summed E-state index contributed by atoms with van der Waals surface area (Å²) in [7, 11) is 0. The van der Waals surface area contributed by atoms with Gasteiger partial charge in [0.1, 0.15) is 0 Å². The zero-order valence-corrected chi connectivity index (χ0v) is 9.66. The molecule has 1 heterocycles. The van der Waals surface area contributed by atoms with Gasteiger partial charge in [-0.05, 0) is 18.6 Å². The minimum absolute atomic E-state index is 0.0447. The summed E-state index contributed by atoms with van der Waals surface area (Å²) in [6.45, 7) is 0.199. The van der Waals surface area contributed by atoms with Crippen LogP contribution in [0.5, 0.6) is 11.5 Å². The molecule has 0 saturated heterocycles. The van der Waals surface area contributed by atoms with Gasteiger partial charge in [-0.25, -0.2) is 0 Å². The van der Waals surface area contributed by atoms with E-state index < -0.39 is 0 Å². The Bertz CT molecular complexity index is 370. The van der Waals surface area contributed by atoms with Crippen molar-refractivity contribution < 1.29 is 14.6 Å². The van der Waals surface area contributed by atoms with Gasteiger partial charge >= 0.3 is 0 Å². The lowest BCUT2D eigenvalue weighted by Gasteiger charge is -2.12. The topological polar surface area (TPSA) is 64.7 Å². The normalized spacial score (nSPS) is 15.4. The highest BCUT2D eigenvalue weighted by Crippen LogP contribution is 2.39. The van der Waals surface area contributed by atoms with Crippen molar-refractivity contribution in [3.63, 3.8) is 0 Å². The average Bonchev–Trinajstić information content (AvgIpc) is 2.70. The highest BCUT2D eigenvalue weighted by Gasteiger charge is 2.21. The first-order valence-corrected chi connectivity index (χ1v) is 5.45. The Balaban J connectivity index is 2.33. The van der Waals surface area contributed by atoms with Gasteiger partial charge in [-0.1, -0.05) is 15.9 Å². The summed E-state index contributed by atoms with van der Waals surface area (Å²) in [6, 6.07) is 3.46. The van der Waals surface area contributed by atoms with Gasteiger partial charge in [-0.3, -0.25) is 0 Å². The molecule has 15 heavy (non-hydrogen) atoms. The Morgan fingerprint density at radius 2 is 2.27 bits per heavy atom. The number of hydrogen-bond donors (Lipinski definition) is 2. The summed E-state index contributed by atoms with van der Waals surface area (Å²) >= 11 is 3.43. The molecular formula is C10H12BrNO3. The van der Waals surface area contributed by atoms with E-state index in [9.17, 15) is 0 Å². The van der Waals surface area contributed by atoms with E-state index in [-0.39, 0.29) is 19.4 Å². The number of aliphatic hydroxyl groups is 1. The van der Waals surface area contributed by atoms with E-state index in [4.69, 9.17) is 20.3 Å². The SMILES string of the molecule is NC(CO)Cc1c(Br)ccc2c1OCO2. The fourth-order valence-corrected chi connectivity index (χ4v) is 2.00. The second-order valence-corrected chi connectivity index (χ2v) is 4.26. The molecule has 2 rings (SSSR count). The molecule has 1 aliphatic rings. The maximum Gasteiger partial charge on any atom is 0.231 e. The third-order valence-electron chi connectivity index (χ3n) is 2.29. The fraction of sp³-hybridized carbons (Fsp3) is 0.400. The second-order valence-electron chi connectivity index (χ2n) is 3.41. The van der Waals surface area contributed by atoms with Gasteiger partial charge in [0.2, 0.25) is 6.79 Å². The molecule has 82 valence electrons. The van der Waals surface area contributed by atoms with E-state index >= 15 is 0 Å². The highest BCUT2D eigenvalue weighted by molar-refractivity contribution is 9.10. The maximum atomic E-state index is 8.92. The first-order valence-electron chi connectivity index (χ1n) is 4.65. The quantitative estimate of drug-likeness (QED) is 0.864. The van der Waals surface area contributed by atoms with Crippen molar-refractivity contribution in [1.82, 2.24) is 0 Å². The molecule has 1 atom stereocenters. The van der Waals surface area contributed by atoms with E-state index in [1.165, 1.54) is 0 Å². The number of fused-ring (bicyclic) bond motifs is 1. The number of nitrogens with two attached hydrogens (primary N) is 1. The van der Waals surface area contributed by atoms with Gasteiger partial charge in [0.15, 0.2) is 11.5 Å². The lowest BCUT2D eigenvalue weighted by molar-refractivity contribution is 0.173. The summed E-state index contributed by atoms with van der Waals surface area (Å²) in [4.78, 5) is 0. The van der Waals surface area contributed by atoms with E-state index in [1.807, 2.05) is 12.1 Å². The molecular weight excluding hydrogens is 262 g/mol. The van der Waals surface area contributed by atoms with E-state index in [0.717, 1.165) is 21.5 Å². The number of aliphatic hydroxyl groups excluding tert-OH is 1. The Morgan fingerprint density at radius 3 is 3.00 bits per heavy atom. The van der Waals surface area contributed by atoms with Gasteiger partial charge in [-0.2, -0.15) is 0 Å². The molecule has 5 heteroatoms. The number of rotatable bonds is 3. The van der Waals surface area contributed by atoms with Crippen molar-refractivity contribution >= 4 is 15.9 Å². The summed E-state index contributed by atoms with van der Waals surface area (Å²) in [5.41, 5.74) is 6.65. The first-order chi connectivity index (χ1) is 7.22. The highest BCUT2D eigenvalue weighted by atomic mass is 79.9. The predicted molar refractivity (Wildman–Crippen MR) is 59.0 cm³/mol. The molecule has 0 spiro atoms. The van der Waals surface area contributed by atoms with Crippen LogP contribution in [-0.2, 0) is 6.42 Å². The Morgan fingerprint density at radius 1 is 1.47 bits per heavy atom. The minimum atomic E-state index is -0.281. The van der Waals surface area contributed by atoms with Gasteiger partial charge in [-0.15, -0.1) is 0 Å². The number of benzene rings is 1. The minimum Gasteiger partial charge on any atom is -0.454 e. The summed E-state index contributed by atoms with van der Waals surface area (Å²) in [6.07, 6.45) is 0.559. The van der Waals surface area contributed by atoms with Crippen LogP contribution in [0.2, 0.25) is 0 Å². The Hall–Kier alpha value is -0.780. The van der Waals surface area contributed by atoms with E-state index in [1.54, 1.807) is 0 Å². The second kappa shape index (κ2) is 4.38. The fourth-order valence-electron chi connectivity index (χ4n) is 1.52. The van der Waals surface area contributed by atoms with Crippen LogP contribution >= 0.6 is 15.9 Å². The van der Waals surface area contributed by atoms with Crippen LogP contribution in [0.25, 0.3) is 0 Å². The molecule has 0 bridgehead atoms. The lowest BCUT2D eigenvalue weighted by Crippen LogP contribution is -2.27. The molecule has 1 aromatic carbocycles. The van der Waals surface area contributed by atoms with Crippen molar-refractivity contribution in [2.24, 2.45) is 5.73 Å². The molecule has 0 saturated carbocycles. The molecule has 0 aliphatic carbocycles. The zero-order valence-electron chi connectivity index (χ0n) is 8.07. The van der Waals surface area contributed by atoms with Crippen molar-refractivity contribution in [2.45, 2.75) is 12.5 Å². The van der Waals surface area contributed by atoms with Gasteiger partial charge in [0, 0.05) is 16.1 Å². The maximum absolute atomic E-state index is 8.92. The standard InChI is InChI=1S/C10H12BrNO3/c11-8-1-2-9-10(15-5-14-9)7(8)3-6(12)4-13/h1-2,6,13H,3-5,12H2. The summed E-state index contributed by atoms with van der Waals surface area (Å²) in [5, 5.41) is 8.92. The van der Waals surface area contributed by atoms with Crippen LogP contribution in [0.1, 0.15) is 5.56 Å². The largest absolute Gasteiger partial charge is 0.454 e. The molecule has 4 nitrogen and oxygen atoms in total. The number of ether oxygens (including phenoxy) is 2. The van der Waals surface area contributed by atoms with Crippen LogP contribution in [-0.4, -0.2) is 24.5 Å². The molecule has 1 unspecified atom stereocenters. The third-order valence-corrected chi connectivity index (χ3v) is 3.03. The van der Waals surface area contributed by atoms with Crippen LogP contribution in [0.4, 0.5) is 0 Å². The van der Waals surface area contributed by atoms with Crippen LogP contribution in [0.15, 0.2) is 16.6 Å². The summed E-state index contributed by atoms with van der Waals surface area (Å²) < 4.78 is 11.6. The van der Waals surface area contributed by atoms with Crippen molar-refractivity contribution in [2.75, 3.05) is 13.4 Å². The van der Waals surface area contributed by atoms with Crippen molar-refractivity contribution in [1.29, 1.82) is 0 Å². The Labute approximate surface area is 96.1 Å². The molecule has 0 radical (unpaired) electrons. The molecule has 0 amide bonds. The van der Waals surface area contributed by atoms with Gasteiger partial charge in [0.05, 0.1) is 6.61 Å². The van der Waals surface area contributed by atoms with E-state index in [2.05, 4.69) is 15.9 Å². The number of halogens is 1. The van der Waals surface area contributed by atoms with Gasteiger partial charge < -0.3 is 20.3 Å². The average molecular weight is 274 g/mol. The van der Waals surface area contributed by atoms with E-state index in [0.29, 0.717) is 6.42 Å². The molecule has 0 aromatic heterocycles. The first kappa shape index (κ1) is 10.7. The lowest BCUT2D eigenvalue weighted by atomic mass is 10.1. The van der Waals surface area contributed by atoms with Crippen LogP contribution in [0, 0.1) is 0 Å². The third kappa shape index (κ3) is 2.09. The number of hydrogen-bond acceptors (Lipinski definition) is 4. The molecule has 1 aliphatic heterocycles. The van der Waals surface area contributed by atoms with Crippen molar-refractivity contribution in [3.8, 4) is 11.5 Å². The molecule has 1 aromatic rings. The smallest absolute Gasteiger partial charge is 0.231 e. The monoisotopic (exact) mass is 273 g/mol.